The first-order valence-corrected chi connectivity index (χ1v) is 5.54. The maximum Gasteiger partial charge on any atom is 0.128 e. The smallest absolute Gasteiger partial charge is 0.128 e. The molecule has 0 spiro atoms. The van der Waals surface area contributed by atoms with Gasteiger partial charge in [0, 0.05) is 10.6 Å². The predicted octanol–water partition coefficient (Wildman–Crippen LogP) is 3.34. The van der Waals surface area contributed by atoms with Crippen molar-refractivity contribution in [2.24, 2.45) is 5.84 Å². The highest BCUT2D eigenvalue weighted by Crippen LogP contribution is 2.26. The van der Waals surface area contributed by atoms with Gasteiger partial charge in [-0.05, 0) is 31.0 Å². The Morgan fingerprint density at radius 1 is 1.62 bits per heavy atom. The Morgan fingerprint density at radius 3 is 2.88 bits per heavy atom. The summed E-state index contributed by atoms with van der Waals surface area (Å²) in [5.74, 6) is 5.12. The summed E-state index contributed by atoms with van der Waals surface area (Å²) >= 11 is 5.83. The lowest BCUT2D eigenvalue weighted by atomic mass is 9.98. The fourth-order valence-electron chi connectivity index (χ4n) is 1.47. The lowest BCUT2D eigenvalue weighted by Crippen LogP contribution is -2.29. The first-order valence-electron chi connectivity index (χ1n) is 5.16. The summed E-state index contributed by atoms with van der Waals surface area (Å²) in [5.41, 5.74) is 4.08. The van der Waals surface area contributed by atoms with Gasteiger partial charge in [-0.1, -0.05) is 30.7 Å². The van der Waals surface area contributed by atoms with Crippen LogP contribution in [0.15, 0.2) is 30.4 Å². The van der Waals surface area contributed by atoms with Crippen LogP contribution in [0.25, 0.3) is 0 Å². The van der Waals surface area contributed by atoms with Crippen LogP contribution in [0.1, 0.15) is 31.4 Å². The van der Waals surface area contributed by atoms with Crippen molar-refractivity contribution in [3.05, 3.63) is 46.8 Å². The van der Waals surface area contributed by atoms with Crippen molar-refractivity contribution in [2.75, 3.05) is 0 Å². The molecule has 0 bridgehead atoms. The minimum atomic E-state index is -0.309. The summed E-state index contributed by atoms with van der Waals surface area (Å²) in [6.07, 6.45) is 1.45. The third-order valence-electron chi connectivity index (χ3n) is 2.53. The molecule has 0 aliphatic rings. The zero-order valence-corrected chi connectivity index (χ0v) is 10.0. The Bertz CT molecular complexity index is 379. The van der Waals surface area contributed by atoms with E-state index >= 15 is 0 Å². The molecule has 1 atom stereocenters. The maximum absolute atomic E-state index is 13.6. The van der Waals surface area contributed by atoms with Crippen molar-refractivity contribution in [2.45, 2.75) is 25.8 Å². The van der Waals surface area contributed by atoms with Crippen LogP contribution in [0.3, 0.4) is 0 Å². The van der Waals surface area contributed by atoms with Crippen LogP contribution >= 0.6 is 11.6 Å². The molecule has 0 aromatic heterocycles. The van der Waals surface area contributed by atoms with Crippen LogP contribution in [-0.4, -0.2) is 0 Å². The number of hydrazine groups is 1. The number of nitrogens with one attached hydrogen (secondary N) is 1. The minimum absolute atomic E-state index is 0.286. The molecule has 1 rings (SSSR count). The van der Waals surface area contributed by atoms with E-state index in [4.69, 9.17) is 17.4 Å². The molecule has 1 aromatic carbocycles. The van der Waals surface area contributed by atoms with Crippen LogP contribution in [0, 0.1) is 5.82 Å². The van der Waals surface area contributed by atoms with E-state index in [2.05, 4.69) is 12.0 Å². The van der Waals surface area contributed by atoms with Gasteiger partial charge in [0.1, 0.15) is 5.82 Å². The normalized spacial score (nSPS) is 12.5. The van der Waals surface area contributed by atoms with E-state index in [0.29, 0.717) is 17.0 Å². The average Bonchev–Trinajstić information content (AvgIpc) is 2.29. The highest BCUT2D eigenvalue weighted by atomic mass is 35.5. The van der Waals surface area contributed by atoms with Gasteiger partial charge in [0.05, 0.1) is 6.04 Å². The second-order valence-electron chi connectivity index (χ2n) is 3.69. The summed E-state index contributed by atoms with van der Waals surface area (Å²) in [6, 6.07) is 4.16. The number of hydrogen-bond donors (Lipinski definition) is 2. The zero-order chi connectivity index (χ0) is 12.1. The van der Waals surface area contributed by atoms with Gasteiger partial charge in [0.15, 0.2) is 0 Å². The van der Waals surface area contributed by atoms with Crippen LogP contribution in [0.4, 0.5) is 4.39 Å². The molecule has 0 heterocycles. The third-order valence-corrected chi connectivity index (χ3v) is 2.76. The molecule has 0 aliphatic carbocycles. The molecule has 0 amide bonds. The average molecular weight is 243 g/mol. The number of benzene rings is 1. The Hall–Kier alpha value is -0.900. The Kier molecular flexibility index (Phi) is 4.93. The SMILES string of the molecule is C=C(CC)CC(NN)c1cc(Cl)ccc1F. The number of halogens is 2. The molecule has 0 saturated carbocycles. The van der Waals surface area contributed by atoms with Gasteiger partial charge in [-0.3, -0.25) is 11.3 Å². The third kappa shape index (κ3) is 3.30. The topological polar surface area (TPSA) is 38.0 Å². The number of hydrogen-bond acceptors (Lipinski definition) is 2. The first kappa shape index (κ1) is 13.2. The van der Waals surface area contributed by atoms with Gasteiger partial charge in [-0.25, -0.2) is 4.39 Å². The van der Waals surface area contributed by atoms with Crippen molar-refractivity contribution in [3.8, 4) is 0 Å². The molecule has 3 N–H and O–H groups in total. The Labute approximate surface area is 100 Å². The van der Waals surface area contributed by atoms with Crippen LogP contribution in [-0.2, 0) is 0 Å². The fourth-order valence-corrected chi connectivity index (χ4v) is 1.65. The Balaban J connectivity index is 2.94. The van der Waals surface area contributed by atoms with E-state index in [0.717, 1.165) is 12.0 Å². The molecule has 0 radical (unpaired) electrons. The predicted molar refractivity (Wildman–Crippen MR) is 65.5 cm³/mol. The summed E-state index contributed by atoms with van der Waals surface area (Å²) in [4.78, 5) is 0. The van der Waals surface area contributed by atoms with Gasteiger partial charge in [0.2, 0.25) is 0 Å². The second kappa shape index (κ2) is 5.99. The van der Waals surface area contributed by atoms with E-state index in [1.807, 2.05) is 6.92 Å². The van der Waals surface area contributed by atoms with E-state index in [1.54, 1.807) is 6.07 Å². The molecule has 16 heavy (non-hydrogen) atoms. The number of nitrogens with two attached hydrogens (primary N) is 1. The molecule has 0 fully saturated rings. The molecule has 88 valence electrons. The van der Waals surface area contributed by atoms with Crippen LogP contribution in [0.2, 0.25) is 5.02 Å². The molecule has 1 aromatic rings. The molecule has 0 saturated heterocycles. The summed E-state index contributed by atoms with van der Waals surface area (Å²) in [5, 5.41) is 0.499. The lowest BCUT2D eigenvalue weighted by molar-refractivity contribution is 0.506. The standard InChI is InChI=1S/C12H16ClFN2/c1-3-8(2)6-12(16-15)10-7-9(13)4-5-11(10)14/h4-5,7,12,16H,2-3,6,15H2,1H3. The highest BCUT2D eigenvalue weighted by Gasteiger charge is 2.15. The van der Waals surface area contributed by atoms with Gasteiger partial charge in [0.25, 0.3) is 0 Å². The van der Waals surface area contributed by atoms with Gasteiger partial charge < -0.3 is 0 Å². The van der Waals surface area contributed by atoms with E-state index in [-0.39, 0.29) is 11.9 Å². The van der Waals surface area contributed by atoms with Crippen LogP contribution < -0.4 is 11.3 Å². The van der Waals surface area contributed by atoms with Crippen molar-refractivity contribution in [1.29, 1.82) is 0 Å². The van der Waals surface area contributed by atoms with Crippen LogP contribution in [0.5, 0.6) is 0 Å². The molecule has 0 aliphatic heterocycles. The monoisotopic (exact) mass is 242 g/mol. The lowest BCUT2D eigenvalue weighted by Gasteiger charge is -2.18. The quantitative estimate of drug-likeness (QED) is 0.472. The summed E-state index contributed by atoms with van der Waals surface area (Å²) < 4.78 is 13.6. The van der Waals surface area contributed by atoms with Gasteiger partial charge in [-0.2, -0.15) is 0 Å². The van der Waals surface area contributed by atoms with Crippen molar-refractivity contribution in [1.82, 2.24) is 5.43 Å². The maximum atomic E-state index is 13.6. The Morgan fingerprint density at radius 2 is 2.31 bits per heavy atom. The molecule has 2 nitrogen and oxygen atoms in total. The molecule has 1 unspecified atom stereocenters. The summed E-state index contributed by atoms with van der Waals surface area (Å²) in [7, 11) is 0. The van der Waals surface area contributed by atoms with E-state index in [1.165, 1.54) is 12.1 Å². The van der Waals surface area contributed by atoms with Crippen molar-refractivity contribution >= 4 is 11.6 Å². The molecular weight excluding hydrogens is 227 g/mol. The molecular formula is C12H16ClFN2. The highest BCUT2D eigenvalue weighted by molar-refractivity contribution is 6.30. The first-order chi connectivity index (χ1) is 7.58. The van der Waals surface area contributed by atoms with Crippen molar-refractivity contribution < 1.29 is 4.39 Å². The zero-order valence-electron chi connectivity index (χ0n) is 9.26. The van der Waals surface area contributed by atoms with Crippen molar-refractivity contribution in [3.63, 3.8) is 0 Å². The van der Waals surface area contributed by atoms with E-state index < -0.39 is 0 Å². The second-order valence-corrected chi connectivity index (χ2v) is 4.13. The number of rotatable bonds is 5. The molecule has 4 heteroatoms. The largest absolute Gasteiger partial charge is 0.271 e. The fraction of sp³-hybridized carbons (Fsp3) is 0.333. The minimum Gasteiger partial charge on any atom is -0.271 e. The van der Waals surface area contributed by atoms with Gasteiger partial charge >= 0.3 is 0 Å². The summed E-state index contributed by atoms with van der Waals surface area (Å²) in [6.45, 7) is 5.89. The van der Waals surface area contributed by atoms with Gasteiger partial charge in [-0.15, -0.1) is 0 Å². The van der Waals surface area contributed by atoms with E-state index in [9.17, 15) is 4.39 Å².